The molecule has 1 saturated heterocycles. The molecule has 1 unspecified atom stereocenters. The van der Waals surface area contributed by atoms with Crippen LogP contribution in [0.3, 0.4) is 0 Å². The van der Waals surface area contributed by atoms with Gasteiger partial charge in [0.25, 0.3) is 0 Å². The second-order valence-electron chi connectivity index (χ2n) is 9.53. The number of sulfonamides is 2. The van der Waals surface area contributed by atoms with E-state index in [1.165, 1.54) is 35.8 Å². The highest BCUT2D eigenvalue weighted by atomic mass is 32.2. The Balaban J connectivity index is 1.24. The minimum atomic E-state index is -3.25. The second-order valence-corrected chi connectivity index (χ2v) is 13.0. The van der Waals surface area contributed by atoms with Gasteiger partial charge in [-0.25, -0.2) is 16.8 Å². The van der Waals surface area contributed by atoms with E-state index in [0.717, 1.165) is 45.2 Å². The van der Waals surface area contributed by atoms with E-state index in [4.69, 9.17) is 0 Å². The zero-order chi connectivity index (χ0) is 23.6. The maximum Gasteiger partial charge on any atom is 0.229 e. The molecule has 0 amide bonds. The van der Waals surface area contributed by atoms with Gasteiger partial charge in [0.15, 0.2) is 0 Å². The number of rotatable bonds is 8. The summed E-state index contributed by atoms with van der Waals surface area (Å²) in [6.07, 6.45) is 7.81. The summed E-state index contributed by atoms with van der Waals surface area (Å²) in [6, 6.07) is 13.6. The summed E-state index contributed by atoms with van der Waals surface area (Å²) in [5, 5.41) is 0. The average molecular weight is 492 g/mol. The summed E-state index contributed by atoms with van der Waals surface area (Å²) in [4.78, 5) is 2.52. The van der Waals surface area contributed by atoms with E-state index in [0.29, 0.717) is 23.2 Å². The standard InChI is InChI=1S/C24H33N3O4S2/c1-32(28,29)25-23-6-3-18(4-7-23)9-12-27-13-10-19(11-14-27)21-15-20-5-8-24(17-22(20)16-21)26-33(2,30)31/h3-8,17,19,21,25-26H,9-16H2,1-2H3. The highest BCUT2D eigenvalue weighted by molar-refractivity contribution is 7.92. The molecule has 1 aliphatic heterocycles. The molecule has 7 nitrogen and oxygen atoms in total. The van der Waals surface area contributed by atoms with Gasteiger partial charge in [0.1, 0.15) is 0 Å². The first-order chi connectivity index (χ1) is 15.5. The van der Waals surface area contributed by atoms with E-state index >= 15 is 0 Å². The number of anilines is 2. The van der Waals surface area contributed by atoms with Gasteiger partial charge in [-0.05, 0) is 98.0 Å². The summed E-state index contributed by atoms with van der Waals surface area (Å²) in [5.41, 5.74) is 5.10. The van der Waals surface area contributed by atoms with Crippen molar-refractivity contribution in [3.8, 4) is 0 Å². The van der Waals surface area contributed by atoms with Crippen LogP contribution in [-0.4, -0.2) is 53.9 Å². The van der Waals surface area contributed by atoms with Gasteiger partial charge < -0.3 is 4.90 Å². The van der Waals surface area contributed by atoms with E-state index in [1.54, 1.807) is 0 Å². The molecule has 4 rings (SSSR count). The molecular weight excluding hydrogens is 458 g/mol. The van der Waals surface area contributed by atoms with Crippen LogP contribution >= 0.6 is 0 Å². The van der Waals surface area contributed by atoms with E-state index in [2.05, 4.69) is 20.4 Å². The van der Waals surface area contributed by atoms with Crippen LogP contribution in [0.5, 0.6) is 0 Å². The summed E-state index contributed by atoms with van der Waals surface area (Å²) in [7, 11) is -6.50. The number of piperidine rings is 1. The lowest BCUT2D eigenvalue weighted by Crippen LogP contribution is -2.37. The van der Waals surface area contributed by atoms with Crippen LogP contribution in [0.2, 0.25) is 0 Å². The molecule has 33 heavy (non-hydrogen) atoms. The number of nitrogens with one attached hydrogen (secondary N) is 2. The number of likely N-dealkylation sites (tertiary alicyclic amines) is 1. The molecule has 0 aromatic heterocycles. The molecule has 0 spiro atoms. The van der Waals surface area contributed by atoms with Gasteiger partial charge in [0.2, 0.25) is 20.0 Å². The fraction of sp³-hybridized carbons (Fsp3) is 0.500. The molecule has 0 radical (unpaired) electrons. The average Bonchev–Trinajstić information content (AvgIpc) is 3.15. The summed E-state index contributed by atoms with van der Waals surface area (Å²) < 4.78 is 50.8. The normalized spacial score (nSPS) is 19.9. The van der Waals surface area contributed by atoms with E-state index in [-0.39, 0.29) is 0 Å². The highest BCUT2D eigenvalue weighted by Crippen LogP contribution is 2.37. The van der Waals surface area contributed by atoms with Crippen molar-refractivity contribution in [2.75, 3.05) is 41.6 Å². The zero-order valence-corrected chi connectivity index (χ0v) is 20.9. The quantitative estimate of drug-likeness (QED) is 0.592. The lowest BCUT2D eigenvalue weighted by atomic mass is 9.82. The van der Waals surface area contributed by atoms with Gasteiger partial charge in [0.05, 0.1) is 12.5 Å². The van der Waals surface area contributed by atoms with Crippen LogP contribution in [-0.2, 0) is 39.3 Å². The van der Waals surface area contributed by atoms with Gasteiger partial charge in [-0.1, -0.05) is 18.2 Å². The zero-order valence-electron chi connectivity index (χ0n) is 19.2. The third-order valence-corrected chi connectivity index (χ3v) is 7.96. The van der Waals surface area contributed by atoms with Crippen molar-refractivity contribution in [3.63, 3.8) is 0 Å². The van der Waals surface area contributed by atoms with Crippen LogP contribution < -0.4 is 9.44 Å². The molecule has 180 valence electrons. The Morgan fingerprint density at radius 1 is 0.788 bits per heavy atom. The molecular formula is C24H33N3O4S2. The van der Waals surface area contributed by atoms with Crippen LogP contribution in [0.15, 0.2) is 42.5 Å². The van der Waals surface area contributed by atoms with Crippen molar-refractivity contribution in [2.45, 2.75) is 32.1 Å². The first-order valence-corrected chi connectivity index (χ1v) is 15.2. The second kappa shape index (κ2) is 9.64. The van der Waals surface area contributed by atoms with Crippen molar-refractivity contribution >= 4 is 31.4 Å². The predicted octanol–water partition coefficient (Wildman–Crippen LogP) is 3.10. The Morgan fingerprint density at radius 3 is 2.00 bits per heavy atom. The monoisotopic (exact) mass is 491 g/mol. The minimum absolute atomic E-state index is 0.596. The number of nitrogens with zero attached hydrogens (tertiary/aromatic N) is 1. The molecule has 1 aliphatic carbocycles. The fourth-order valence-electron chi connectivity index (χ4n) is 5.15. The summed E-state index contributed by atoms with van der Waals surface area (Å²) in [6.45, 7) is 3.22. The van der Waals surface area contributed by atoms with Crippen LogP contribution in [0.1, 0.15) is 29.5 Å². The molecule has 2 aromatic carbocycles. The molecule has 2 aliphatic rings. The Labute approximate surface area is 197 Å². The Hall–Kier alpha value is -2.10. The lowest BCUT2D eigenvalue weighted by molar-refractivity contribution is 0.151. The molecule has 0 saturated carbocycles. The van der Waals surface area contributed by atoms with Crippen molar-refractivity contribution < 1.29 is 16.8 Å². The Morgan fingerprint density at radius 2 is 1.36 bits per heavy atom. The third kappa shape index (κ3) is 6.94. The minimum Gasteiger partial charge on any atom is -0.303 e. The maximum absolute atomic E-state index is 11.5. The van der Waals surface area contributed by atoms with Gasteiger partial charge in [-0.2, -0.15) is 0 Å². The summed E-state index contributed by atoms with van der Waals surface area (Å²) >= 11 is 0. The molecule has 1 atom stereocenters. The number of hydrogen-bond donors (Lipinski definition) is 2. The molecule has 9 heteroatoms. The first-order valence-electron chi connectivity index (χ1n) is 11.4. The number of benzene rings is 2. The topological polar surface area (TPSA) is 95.6 Å². The molecule has 0 bridgehead atoms. The maximum atomic E-state index is 11.5. The first kappa shape index (κ1) is 24.0. The number of hydrogen-bond acceptors (Lipinski definition) is 5. The van der Waals surface area contributed by atoms with Crippen molar-refractivity contribution in [2.24, 2.45) is 11.8 Å². The number of fused-ring (bicyclic) bond motifs is 1. The van der Waals surface area contributed by atoms with Gasteiger partial charge in [-0.15, -0.1) is 0 Å². The smallest absolute Gasteiger partial charge is 0.229 e. The lowest BCUT2D eigenvalue weighted by Gasteiger charge is -2.35. The summed E-state index contributed by atoms with van der Waals surface area (Å²) in [5.74, 6) is 1.35. The molecule has 1 fully saturated rings. The van der Waals surface area contributed by atoms with Crippen LogP contribution in [0.25, 0.3) is 0 Å². The van der Waals surface area contributed by atoms with E-state index < -0.39 is 20.0 Å². The highest BCUT2D eigenvalue weighted by Gasteiger charge is 2.31. The third-order valence-electron chi connectivity index (χ3n) is 6.75. The van der Waals surface area contributed by atoms with Crippen molar-refractivity contribution in [1.29, 1.82) is 0 Å². The molecule has 2 N–H and O–H groups in total. The fourth-order valence-corrected chi connectivity index (χ4v) is 6.27. The van der Waals surface area contributed by atoms with E-state index in [1.807, 2.05) is 36.4 Å². The van der Waals surface area contributed by atoms with Crippen molar-refractivity contribution in [1.82, 2.24) is 4.90 Å². The molecule has 1 heterocycles. The SMILES string of the molecule is CS(=O)(=O)Nc1ccc(CCN2CCC(C3Cc4ccc(NS(C)(=O)=O)cc4C3)CC2)cc1. The van der Waals surface area contributed by atoms with Crippen molar-refractivity contribution in [3.05, 3.63) is 59.2 Å². The van der Waals surface area contributed by atoms with Crippen LogP contribution in [0, 0.1) is 11.8 Å². The van der Waals surface area contributed by atoms with E-state index in [9.17, 15) is 16.8 Å². The van der Waals surface area contributed by atoms with Gasteiger partial charge in [-0.3, -0.25) is 9.44 Å². The largest absolute Gasteiger partial charge is 0.303 e. The predicted molar refractivity (Wildman–Crippen MR) is 134 cm³/mol. The Bertz CT molecular complexity index is 1190. The molecule has 2 aromatic rings. The van der Waals surface area contributed by atoms with Crippen LogP contribution in [0.4, 0.5) is 11.4 Å². The Kier molecular flexibility index (Phi) is 7.02. The van der Waals surface area contributed by atoms with Gasteiger partial charge >= 0.3 is 0 Å². The van der Waals surface area contributed by atoms with Gasteiger partial charge in [0, 0.05) is 17.9 Å².